The van der Waals surface area contributed by atoms with Crippen molar-refractivity contribution in [1.29, 1.82) is 0 Å². The Bertz CT molecular complexity index is 1400. The highest BCUT2D eigenvalue weighted by molar-refractivity contribution is 6.47. The number of fused-ring (bicyclic) bond motifs is 1. The van der Waals surface area contributed by atoms with Gasteiger partial charge in [0.15, 0.2) is 0 Å². The van der Waals surface area contributed by atoms with Crippen LogP contribution in [0.15, 0.2) is 79.1 Å². The number of nitrogens with zero attached hydrogens (tertiary/aromatic N) is 4. The summed E-state index contributed by atoms with van der Waals surface area (Å²) in [5.74, 6) is -0.960. The maximum atomic E-state index is 13.4. The molecule has 1 fully saturated rings. The van der Waals surface area contributed by atoms with E-state index in [0.717, 1.165) is 55.1 Å². The number of carbonyl (C=O) groups excluding carboxylic acids is 2. The lowest BCUT2D eigenvalue weighted by atomic mass is 9.96. The molecule has 0 spiro atoms. The molecule has 0 saturated carbocycles. The number of hydrogen-bond donors (Lipinski definition) is 1. The molecule has 1 saturated heterocycles. The third-order valence-electron chi connectivity index (χ3n) is 6.61. The minimum Gasteiger partial charge on any atom is -0.368 e. The van der Waals surface area contributed by atoms with Gasteiger partial charge in [0, 0.05) is 50.0 Å². The Balaban J connectivity index is 1.29. The Morgan fingerprint density at radius 3 is 2.32 bits per heavy atom. The number of anilines is 2. The molecular formula is C30H33N5O2. The molecule has 3 aromatic heterocycles. The zero-order chi connectivity index (χ0) is 26.0. The fourth-order valence-electron chi connectivity index (χ4n) is 4.96. The van der Waals surface area contributed by atoms with Crippen LogP contribution in [0, 0.1) is 5.41 Å². The van der Waals surface area contributed by atoms with Gasteiger partial charge >= 0.3 is 0 Å². The number of rotatable bonds is 6. The molecule has 37 heavy (non-hydrogen) atoms. The van der Waals surface area contributed by atoms with Crippen LogP contribution in [0.5, 0.6) is 0 Å². The molecule has 0 bridgehead atoms. The molecule has 4 heterocycles. The van der Waals surface area contributed by atoms with Crippen molar-refractivity contribution in [3.8, 4) is 11.1 Å². The predicted octanol–water partition coefficient (Wildman–Crippen LogP) is 4.99. The van der Waals surface area contributed by atoms with Crippen molar-refractivity contribution in [2.45, 2.75) is 20.8 Å². The number of hydrogen-bond acceptors (Lipinski definition) is 5. The lowest BCUT2D eigenvalue weighted by molar-refractivity contribution is -0.112. The summed E-state index contributed by atoms with van der Waals surface area (Å²) in [7, 11) is 0. The van der Waals surface area contributed by atoms with E-state index in [1.807, 2.05) is 60.7 Å². The van der Waals surface area contributed by atoms with Gasteiger partial charge < -0.3 is 14.6 Å². The number of Topliss-reactive ketones (excluding diaryl/α,β-unsaturated/α-hetero) is 1. The van der Waals surface area contributed by atoms with Crippen LogP contribution in [0.3, 0.4) is 0 Å². The summed E-state index contributed by atoms with van der Waals surface area (Å²) in [6.45, 7) is 11.8. The van der Waals surface area contributed by atoms with Crippen molar-refractivity contribution in [2.75, 3.05) is 42.9 Å². The van der Waals surface area contributed by atoms with Gasteiger partial charge in [0.05, 0.1) is 11.9 Å². The fraction of sp³-hybridized carbons (Fsp3) is 0.300. The minimum absolute atomic E-state index is 0.288. The van der Waals surface area contributed by atoms with Crippen molar-refractivity contribution in [3.63, 3.8) is 0 Å². The Morgan fingerprint density at radius 2 is 1.65 bits per heavy atom. The van der Waals surface area contributed by atoms with E-state index in [-0.39, 0.29) is 5.41 Å². The largest absolute Gasteiger partial charge is 0.368 e. The van der Waals surface area contributed by atoms with E-state index in [2.05, 4.69) is 40.9 Å². The van der Waals surface area contributed by atoms with E-state index < -0.39 is 11.7 Å². The lowest BCUT2D eigenvalue weighted by Crippen LogP contribution is -2.48. The molecule has 0 radical (unpaired) electrons. The average Bonchev–Trinajstić information content (AvgIpc) is 3.28. The van der Waals surface area contributed by atoms with E-state index in [4.69, 9.17) is 0 Å². The summed E-state index contributed by atoms with van der Waals surface area (Å²) in [6, 6.07) is 21.0. The highest BCUT2D eigenvalue weighted by Gasteiger charge is 2.25. The maximum Gasteiger partial charge on any atom is 0.299 e. The second-order valence-corrected chi connectivity index (χ2v) is 10.8. The number of aromatic nitrogens is 2. The summed E-state index contributed by atoms with van der Waals surface area (Å²) in [4.78, 5) is 35.7. The number of ketones is 1. The molecule has 1 aliphatic rings. The molecule has 0 aliphatic carbocycles. The number of pyridine rings is 2. The van der Waals surface area contributed by atoms with Crippen molar-refractivity contribution in [2.24, 2.45) is 5.41 Å². The van der Waals surface area contributed by atoms with E-state index >= 15 is 0 Å². The third-order valence-corrected chi connectivity index (χ3v) is 6.61. The molecule has 190 valence electrons. The second-order valence-electron chi connectivity index (χ2n) is 10.8. The lowest BCUT2D eigenvalue weighted by Gasteiger charge is -2.38. The standard InChI is InChI=1S/C30H33N5O2/c1-30(2,3)21-33-15-17-34(18-16-33)24-12-13-26(31-20-24)32-29(37)28(36)27-25(22-9-5-4-6-10-22)19-23-11-7-8-14-35(23)27/h4-14,19-20H,15-18,21H2,1-3H3,(H,31,32,37). The van der Waals surface area contributed by atoms with Gasteiger partial charge in [-0.3, -0.25) is 14.5 Å². The van der Waals surface area contributed by atoms with Gasteiger partial charge in [-0.25, -0.2) is 4.98 Å². The van der Waals surface area contributed by atoms with Gasteiger partial charge in [-0.1, -0.05) is 57.2 Å². The molecule has 1 N–H and O–H groups in total. The Morgan fingerprint density at radius 1 is 0.919 bits per heavy atom. The topological polar surface area (TPSA) is 70.0 Å². The van der Waals surface area contributed by atoms with Gasteiger partial charge in [-0.15, -0.1) is 0 Å². The molecule has 0 atom stereocenters. The van der Waals surface area contributed by atoms with Gasteiger partial charge in [-0.2, -0.15) is 0 Å². The first-order valence-electron chi connectivity index (χ1n) is 12.7. The highest BCUT2D eigenvalue weighted by atomic mass is 16.2. The molecule has 1 aromatic carbocycles. The molecule has 5 rings (SSSR count). The van der Waals surface area contributed by atoms with Crippen molar-refractivity contribution in [3.05, 3.63) is 84.8 Å². The summed E-state index contributed by atoms with van der Waals surface area (Å²) in [5, 5.41) is 2.70. The predicted molar refractivity (Wildman–Crippen MR) is 148 cm³/mol. The second kappa shape index (κ2) is 10.2. The molecule has 0 unspecified atom stereocenters. The SMILES string of the molecule is CC(C)(C)CN1CCN(c2ccc(NC(=O)C(=O)c3c(-c4ccccc4)cc4ccccn34)nc2)CC1. The zero-order valence-corrected chi connectivity index (χ0v) is 21.6. The van der Waals surface area contributed by atoms with E-state index in [9.17, 15) is 9.59 Å². The monoisotopic (exact) mass is 495 g/mol. The third kappa shape index (κ3) is 5.57. The first-order chi connectivity index (χ1) is 17.8. The molecule has 1 aliphatic heterocycles. The van der Waals surface area contributed by atoms with Gasteiger partial charge in [0.25, 0.3) is 11.7 Å². The van der Waals surface area contributed by atoms with Crippen molar-refractivity contribution in [1.82, 2.24) is 14.3 Å². The molecule has 1 amide bonds. The molecule has 7 nitrogen and oxygen atoms in total. The zero-order valence-electron chi connectivity index (χ0n) is 21.6. The maximum absolute atomic E-state index is 13.4. The summed E-state index contributed by atoms with van der Waals surface area (Å²) >= 11 is 0. The van der Waals surface area contributed by atoms with Crippen LogP contribution in [-0.2, 0) is 4.79 Å². The van der Waals surface area contributed by atoms with Crippen LogP contribution in [-0.4, -0.2) is 58.7 Å². The summed E-state index contributed by atoms with van der Waals surface area (Å²) in [5.41, 5.74) is 4.10. The Labute approximate surface area is 217 Å². The highest BCUT2D eigenvalue weighted by Crippen LogP contribution is 2.28. The number of benzene rings is 1. The quantitative estimate of drug-likeness (QED) is 0.301. The van der Waals surface area contributed by atoms with Crippen LogP contribution in [0.1, 0.15) is 31.3 Å². The van der Waals surface area contributed by atoms with E-state index in [1.54, 1.807) is 22.9 Å². The van der Waals surface area contributed by atoms with Crippen LogP contribution < -0.4 is 10.2 Å². The van der Waals surface area contributed by atoms with E-state index in [1.165, 1.54) is 0 Å². The number of piperazine rings is 1. The molecular weight excluding hydrogens is 462 g/mol. The first kappa shape index (κ1) is 24.7. The average molecular weight is 496 g/mol. The summed E-state index contributed by atoms with van der Waals surface area (Å²) in [6.07, 6.45) is 3.57. The van der Waals surface area contributed by atoms with Crippen molar-refractivity contribution >= 4 is 28.7 Å². The van der Waals surface area contributed by atoms with Gasteiger partial charge in [0.1, 0.15) is 11.5 Å². The first-order valence-corrected chi connectivity index (χ1v) is 12.7. The van der Waals surface area contributed by atoms with Crippen LogP contribution in [0.4, 0.5) is 11.5 Å². The van der Waals surface area contributed by atoms with Gasteiger partial charge in [-0.05, 0) is 41.3 Å². The van der Waals surface area contributed by atoms with Crippen molar-refractivity contribution < 1.29 is 9.59 Å². The molecule has 7 heteroatoms. The number of carbonyl (C=O) groups is 2. The minimum atomic E-state index is -0.711. The Kier molecular flexibility index (Phi) is 6.80. The van der Waals surface area contributed by atoms with Crippen LogP contribution in [0.25, 0.3) is 16.6 Å². The summed E-state index contributed by atoms with van der Waals surface area (Å²) < 4.78 is 1.76. The number of amides is 1. The van der Waals surface area contributed by atoms with E-state index in [0.29, 0.717) is 11.5 Å². The Hall–Kier alpha value is -3.97. The number of nitrogens with one attached hydrogen (secondary N) is 1. The fourth-order valence-corrected chi connectivity index (χ4v) is 4.96. The van der Waals surface area contributed by atoms with Gasteiger partial charge in [0.2, 0.25) is 0 Å². The van der Waals surface area contributed by atoms with Crippen LogP contribution in [0.2, 0.25) is 0 Å². The normalized spacial score (nSPS) is 14.6. The molecule has 4 aromatic rings. The smallest absolute Gasteiger partial charge is 0.299 e. The van der Waals surface area contributed by atoms with Crippen LogP contribution >= 0.6 is 0 Å².